The largest absolute Gasteiger partial charge is 0.360 e. The lowest BCUT2D eigenvalue weighted by Crippen LogP contribution is -2.17. The Morgan fingerprint density at radius 3 is 2.94 bits per heavy atom. The summed E-state index contributed by atoms with van der Waals surface area (Å²) in [5.74, 6) is 0.346. The van der Waals surface area contributed by atoms with E-state index in [1.165, 1.54) is 0 Å². The van der Waals surface area contributed by atoms with Crippen LogP contribution < -0.4 is 10.9 Å². The van der Waals surface area contributed by atoms with E-state index in [-0.39, 0.29) is 11.5 Å². The Bertz CT molecular complexity index is 572. The van der Waals surface area contributed by atoms with Crippen LogP contribution >= 0.6 is 0 Å². The van der Waals surface area contributed by atoms with Gasteiger partial charge in [-0.2, -0.15) is 0 Å². The van der Waals surface area contributed by atoms with E-state index in [4.69, 9.17) is 4.52 Å². The third kappa shape index (κ3) is 2.14. The van der Waals surface area contributed by atoms with Gasteiger partial charge >= 0.3 is 0 Å². The first-order chi connectivity index (χ1) is 7.65. The highest BCUT2D eigenvalue weighted by Crippen LogP contribution is 2.07. The van der Waals surface area contributed by atoms with E-state index in [0.29, 0.717) is 5.76 Å². The van der Waals surface area contributed by atoms with Crippen LogP contribution in [0.25, 0.3) is 0 Å². The fourth-order valence-corrected chi connectivity index (χ4v) is 1.10. The molecule has 2 aromatic heterocycles. The van der Waals surface area contributed by atoms with Crippen molar-refractivity contribution in [2.45, 2.75) is 6.92 Å². The molecule has 82 valence electrons. The molecule has 2 rings (SSSR count). The molecule has 2 aromatic rings. The molecular weight excluding hydrogens is 212 g/mol. The molecule has 7 nitrogen and oxygen atoms in total. The number of rotatable bonds is 2. The number of aromatic amines is 1. The lowest BCUT2D eigenvalue weighted by molar-refractivity contribution is 0.102. The molecule has 0 aromatic carbocycles. The van der Waals surface area contributed by atoms with Crippen LogP contribution in [0.5, 0.6) is 0 Å². The van der Waals surface area contributed by atoms with Gasteiger partial charge in [-0.05, 0) is 6.92 Å². The highest BCUT2D eigenvalue weighted by atomic mass is 16.5. The van der Waals surface area contributed by atoms with E-state index in [1.54, 1.807) is 13.0 Å². The van der Waals surface area contributed by atoms with Crippen molar-refractivity contribution in [1.29, 1.82) is 0 Å². The summed E-state index contributed by atoms with van der Waals surface area (Å²) in [5, 5.41) is 6.03. The Balaban J connectivity index is 2.17. The van der Waals surface area contributed by atoms with Gasteiger partial charge in [0.1, 0.15) is 11.5 Å². The van der Waals surface area contributed by atoms with E-state index in [1.807, 2.05) is 0 Å². The monoisotopic (exact) mass is 220 g/mol. The van der Waals surface area contributed by atoms with Crippen LogP contribution in [-0.4, -0.2) is 21.0 Å². The Labute approximate surface area is 89.5 Å². The maximum atomic E-state index is 11.6. The molecule has 0 radical (unpaired) electrons. The van der Waals surface area contributed by atoms with Crippen LogP contribution in [0.4, 0.5) is 5.82 Å². The summed E-state index contributed by atoms with van der Waals surface area (Å²) in [4.78, 5) is 28.5. The standard InChI is InChI=1S/C9H8N4O3/c1-5-2-7(13-16-5)12-9(15)6-3-8(14)11-4-10-6/h2-4H,1H3,(H,10,11,14)(H,12,13,15). The molecule has 0 saturated heterocycles. The summed E-state index contributed by atoms with van der Waals surface area (Å²) >= 11 is 0. The first kappa shape index (κ1) is 10.1. The maximum absolute atomic E-state index is 11.6. The number of nitrogens with one attached hydrogen (secondary N) is 2. The minimum Gasteiger partial charge on any atom is -0.360 e. The number of nitrogens with zero attached hydrogens (tertiary/aromatic N) is 2. The van der Waals surface area contributed by atoms with Gasteiger partial charge in [-0.25, -0.2) is 4.98 Å². The number of aryl methyl sites for hydroxylation is 1. The average Bonchev–Trinajstić information content (AvgIpc) is 2.64. The van der Waals surface area contributed by atoms with E-state index < -0.39 is 11.5 Å². The van der Waals surface area contributed by atoms with Crippen molar-refractivity contribution >= 4 is 11.7 Å². The fraction of sp³-hybridized carbons (Fsp3) is 0.111. The van der Waals surface area contributed by atoms with Gasteiger partial charge in [0.25, 0.3) is 11.5 Å². The van der Waals surface area contributed by atoms with Crippen molar-refractivity contribution in [3.63, 3.8) is 0 Å². The first-order valence-corrected chi connectivity index (χ1v) is 4.44. The summed E-state index contributed by atoms with van der Waals surface area (Å²) in [7, 11) is 0. The van der Waals surface area contributed by atoms with E-state index in [0.717, 1.165) is 12.4 Å². The topological polar surface area (TPSA) is 101 Å². The van der Waals surface area contributed by atoms with Gasteiger partial charge in [-0.1, -0.05) is 5.16 Å². The summed E-state index contributed by atoms with van der Waals surface area (Å²) in [5.41, 5.74) is -0.374. The predicted octanol–water partition coefficient (Wildman–Crippen LogP) is 0.319. The van der Waals surface area contributed by atoms with Gasteiger partial charge in [-0.3, -0.25) is 9.59 Å². The maximum Gasteiger partial charge on any atom is 0.275 e. The minimum absolute atomic E-state index is 0.0180. The Morgan fingerprint density at radius 2 is 2.31 bits per heavy atom. The van der Waals surface area contributed by atoms with Crippen LogP contribution in [0.2, 0.25) is 0 Å². The Kier molecular flexibility index (Phi) is 2.50. The van der Waals surface area contributed by atoms with Gasteiger partial charge in [0, 0.05) is 12.1 Å². The molecule has 0 aliphatic carbocycles. The summed E-state index contributed by atoms with van der Waals surface area (Å²) in [6, 6.07) is 2.66. The summed E-state index contributed by atoms with van der Waals surface area (Å²) in [6.07, 6.45) is 1.16. The Morgan fingerprint density at radius 1 is 1.50 bits per heavy atom. The summed E-state index contributed by atoms with van der Waals surface area (Å²) < 4.78 is 4.77. The number of amides is 1. The number of aromatic nitrogens is 3. The molecular formula is C9H8N4O3. The quantitative estimate of drug-likeness (QED) is 0.758. The zero-order chi connectivity index (χ0) is 11.5. The molecule has 7 heteroatoms. The molecule has 0 aliphatic heterocycles. The lowest BCUT2D eigenvalue weighted by atomic mass is 10.4. The number of anilines is 1. The highest BCUT2D eigenvalue weighted by molar-refractivity contribution is 6.02. The highest BCUT2D eigenvalue weighted by Gasteiger charge is 2.10. The second-order valence-electron chi connectivity index (χ2n) is 3.07. The minimum atomic E-state index is -0.514. The van der Waals surface area contributed by atoms with Crippen molar-refractivity contribution in [2.24, 2.45) is 0 Å². The zero-order valence-corrected chi connectivity index (χ0v) is 8.35. The summed E-state index contributed by atoms with van der Waals surface area (Å²) in [6.45, 7) is 1.70. The van der Waals surface area contributed by atoms with Gasteiger partial charge in [0.15, 0.2) is 5.82 Å². The molecule has 0 spiro atoms. The fourth-order valence-electron chi connectivity index (χ4n) is 1.10. The van der Waals surface area contributed by atoms with Gasteiger partial charge in [-0.15, -0.1) is 0 Å². The first-order valence-electron chi connectivity index (χ1n) is 4.44. The number of hydrogen-bond donors (Lipinski definition) is 2. The number of carbonyl (C=O) groups excluding carboxylic acids is 1. The van der Waals surface area contributed by atoms with E-state index in [2.05, 4.69) is 20.4 Å². The van der Waals surface area contributed by atoms with Gasteiger partial charge in [0.2, 0.25) is 0 Å². The lowest BCUT2D eigenvalue weighted by Gasteiger charge is -1.98. The average molecular weight is 220 g/mol. The molecule has 0 atom stereocenters. The number of H-pyrrole nitrogens is 1. The molecule has 16 heavy (non-hydrogen) atoms. The molecule has 0 bridgehead atoms. The molecule has 1 amide bonds. The van der Waals surface area contributed by atoms with Crippen LogP contribution in [-0.2, 0) is 0 Å². The van der Waals surface area contributed by atoms with E-state index >= 15 is 0 Å². The van der Waals surface area contributed by atoms with E-state index in [9.17, 15) is 9.59 Å². The second kappa shape index (κ2) is 3.97. The van der Waals surface area contributed by atoms with Crippen molar-refractivity contribution in [1.82, 2.24) is 15.1 Å². The molecule has 0 unspecified atom stereocenters. The smallest absolute Gasteiger partial charge is 0.275 e. The number of carbonyl (C=O) groups is 1. The number of hydrogen-bond acceptors (Lipinski definition) is 5. The van der Waals surface area contributed by atoms with Crippen LogP contribution in [0.15, 0.2) is 27.8 Å². The predicted molar refractivity (Wildman–Crippen MR) is 54.1 cm³/mol. The zero-order valence-electron chi connectivity index (χ0n) is 8.35. The Hall–Kier alpha value is -2.44. The van der Waals surface area contributed by atoms with Crippen molar-refractivity contribution in [3.8, 4) is 0 Å². The molecule has 0 fully saturated rings. The third-order valence-corrected chi connectivity index (χ3v) is 1.78. The van der Waals surface area contributed by atoms with Crippen LogP contribution in [0, 0.1) is 6.92 Å². The molecule has 0 aliphatic rings. The normalized spacial score (nSPS) is 10.1. The van der Waals surface area contributed by atoms with Crippen LogP contribution in [0.1, 0.15) is 16.2 Å². The second-order valence-corrected chi connectivity index (χ2v) is 3.07. The van der Waals surface area contributed by atoms with Gasteiger partial charge < -0.3 is 14.8 Å². The van der Waals surface area contributed by atoms with Crippen molar-refractivity contribution in [2.75, 3.05) is 5.32 Å². The van der Waals surface area contributed by atoms with Crippen LogP contribution in [0.3, 0.4) is 0 Å². The third-order valence-electron chi connectivity index (χ3n) is 1.78. The van der Waals surface area contributed by atoms with Crippen molar-refractivity contribution < 1.29 is 9.32 Å². The SMILES string of the molecule is Cc1cc(NC(=O)c2cc(=O)[nH]cn2)no1. The molecule has 0 saturated carbocycles. The molecule has 2 heterocycles. The van der Waals surface area contributed by atoms with Gasteiger partial charge in [0.05, 0.1) is 6.33 Å². The molecule has 2 N–H and O–H groups in total. The van der Waals surface area contributed by atoms with Crippen molar-refractivity contribution in [3.05, 3.63) is 40.3 Å².